The van der Waals surface area contributed by atoms with Gasteiger partial charge in [-0.15, -0.1) is 0 Å². The Labute approximate surface area is 114 Å². The summed E-state index contributed by atoms with van der Waals surface area (Å²) >= 11 is 0. The third-order valence-electron chi connectivity index (χ3n) is 4.33. The first kappa shape index (κ1) is 12.6. The van der Waals surface area contributed by atoms with E-state index in [4.69, 9.17) is 14.2 Å². The Morgan fingerprint density at radius 1 is 1.21 bits per heavy atom. The van der Waals surface area contributed by atoms with E-state index in [-0.39, 0.29) is 5.41 Å². The predicted molar refractivity (Wildman–Crippen MR) is 73.4 cm³/mol. The zero-order chi connectivity index (χ0) is 13.3. The van der Waals surface area contributed by atoms with Gasteiger partial charge in [0.1, 0.15) is 17.2 Å². The van der Waals surface area contributed by atoms with Crippen molar-refractivity contribution in [2.75, 3.05) is 33.9 Å². The van der Waals surface area contributed by atoms with Crippen LogP contribution in [0.2, 0.25) is 0 Å². The van der Waals surface area contributed by atoms with Crippen molar-refractivity contribution < 1.29 is 14.2 Å². The first-order valence-corrected chi connectivity index (χ1v) is 6.89. The topological polar surface area (TPSA) is 39.7 Å². The van der Waals surface area contributed by atoms with E-state index in [0.29, 0.717) is 0 Å². The molecule has 3 rings (SSSR count). The lowest BCUT2D eigenvalue weighted by Crippen LogP contribution is -2.29. The lowest BCUT2D eigenvalue weighted by Gasteiger charge is -2.29. The molecule has 0 aliphatic carbocycles. The minimum atomic E-state index is 0.156. The van der Waals surface area contributed by atoms with E-state index in [9.17, 15) is 0 Å². The van der Waals surface area contributed by atoms with Crippen molar-refractivity contribution in [3.05, 3.63) is 17.7 Å². The molecule has 2 heterocycles. The van der Waals surface area contributed by atoms with E-state index in [0.717, 1.165) is 56.2 Å². The third-order valence-corrected chi connectivity index (χ3v) is 4.33. The van der Waals surface area contributed by atoms with Gasteiger partial charge in [-0.3, -0.25) is 0 Å². The minimum Gasteiger partial charge on any atom is -0.496 e. The summed E-state index contributed by atoms with van der Waals surface area (Å²) < 4.78 is 16.9. The predicted octanol–water partition coefficient (Wildman–Crippen LogP) is 2.11. The molecule has 1 spiro atoms. The Balaban J connectivity index is 2.16. The van der Waals surface area contributed by atoms with Gasteiger partial charge in [-0.05, 0) is 25.8 Å². The van der Waals surface area contributed by atoms with Gasteiger partial charge in [0.2, 0.25) is 0 Å². The molecule has 4 heteroatoms. The van der Waals surface area contributed by atoms with Gasteiger partial charge >= 0.3 is 0 Å². The highest BCUT2D eigenvalue weighted by Crippen LogP contribution is 2.48. The number of fused-ring (bicyclic) bond motifs is 2. The monoisotopic (exact) mass is 263 g/mol. The van der Waals surface area contributed by atoms with Gasteiger partial charge < -0.3 is 19.5 Å². The van der Waals surface area contributed by atoms with E-state index in [1.807, 2.05) is 12.1 Å². The lowest BCUT2D eigenvalue weighted by molar-refractivity contribution is 0.309. The van der Waals surface area contributed by atoms with Gasteiger partial charge in [-0.25, -0.2) is 0 Å². The van der Waals surface area contributed by atoms with Gasteiger partial charge in [0.15, 0.2) is 0 Å². The first-order chi connectivity index (χ1) is 9.29. The van der Waals surface area contributed by atoms with Gasteiger partial charge in [0.25, 0.3) is 0 Å². The van der Waals surface area contributed by atoms with E-state index in [1.54, 1.807) is 14.2 Å². The maximum atomic E-state index is 5.93. The zero-order valence-corrected chi connectivity index (χ0v) is 11.6. The Kier molecular flexibility index (Phi) is 3.27. The number of hydrogen-bond acceptors (Lipinski definition) is 4. The maximum absolute atomic E-state index is 5.93. The van der Waals surface area contributed by atoms with Crippen LogP contribution in [0, 0.1) is 0 Å². The lowest BCUT2D eigenvalue weighted by atomic mass is 9.75. The highest BCUT2D eigenvalue weighted by molar-refractivity contribution is 5.55. The summed E-state index contributed by atoms with van der Waals surface area (Å²) in [6.45, 7) is 2.84. The first-order valence-electron chi connectivity index (χ1n) is 6.89. The molecule has 1 fully saturated rings. The fourth-order valence-corrected chi connectivity index (χ4v) is 3.37. The van der Waals surface area contributed by atoms with Crippen molar-refractivity contribution in [1.82, 2.24) is 5.32 Å². The molecule has 1 atom stereocenters. The third kappa shape index (κ3) is 2.04. The van der Waals surface area contributed by atoms with Crippen LogP contribution >= 0.6 is 0 Å². The number of methoxy groups -OCH3 is 2. The van der Waals surface area contributed by atoms with Gasteiger partial charge in [0.05, 0.1) is 20.8 Å². The second-order valence-electron chi connectivity index (χ2n) is 5.36. The van der Waals surface area contributed by atoms with Crippen molar-refractivity contribution in [3.63, 3.8) is 0 Å². The van der Waals surface area contributed by atoms with Crippen molar-refractivity contribution >= 4 is 0 Å². The quantitative estimate of drug-likeness (QED) is 0.887. The smallest absolute Gasteiger partial charge is 0.130 e. The Hall–Kier alpha value is -1.42. The second kappa shape index (κ2) is 4.93. The van der Waals surface area contributed by atoms with Gasteiger partial charge in [-0.2, -0.15) is 0 Å². The van der Waals surface area contributed by atoms with Gasteiger partial charge in [-0.1, -0.05) is 0 Å². The van der Waals surface area contributed by atoms with Crippen LogP contribution in [0.25, 0.3) is 0 Å². The van der Waals surface area contributed by atoms with Crippen molar-refractivity contribution in [2.24, 2.45) is 0 Å². The molecule has 4 nitrogen and oxygen atoms in total. The molecular weight excluding hydrogens is 242 g/mol. The number of hydrogen-bond donors (Lipinski definition) is 1. The van der Waals surface area contributed by atoms with Crippen molar-refractivity contribution in [1.29, 1.82) is 0 Å². The van der Waals surface area contributed by atoms with Crippen LogP contribution in [-0.2, 0) is 5.41 Å². The molecule has 1 saturated heterocycles. The summed E-state index contributed by atoms with van der Waals surface area (Å²) in [6, 6.07) is 3.96. The Bertz CT molecular complexity index is 467. The molecule has 19 heavy (non-hydrogen) atoms. The van der Waals surface area contributed by atoms with E-state index in [1.165, 1.54) is 5.56 Å². The van der Waals surface area contributed by atoms with Crippen LogP contribution < -0.4 is 19.5 Å². The van der Waals surface area contributed by atoms with Crippen LogP contribution in [0.15, 0.2) is 12.1 Å². The molecule has 2 aliphatic rings. The fourth-order valence-electron chi connectivity index (χ4n) is 3.37. The Morgan fingerprint density at radius 2 is 2.11 bits per heavy atom. The molecule has 2 aliphatic heterocycles. The molecule has 1 N–H and O–H groups in total. The van der Waals surface area contributed by atoms with E-state index < -0.39 is 0 Å². The number of nitrogens with one attached hydrogen (secondary N) is 1. The van der Waals surface area contributed by atoms with Crippen LogP contribution in [-0.4, -0.2) is 33.9 Å². The molecular formula is C15H21NO3. The van der Waals surface area contributed by atoms with E-state index in [2.05, 4.69) is 5.32 Å². The molecule has 1 unspecified atom stereocenters. The highest BCUT2D eigenvalue weighted by Gasteiger charge is 2.41. The van der Waals surface area contributed by atoms with Crippen LogP contribution in [0.1, 0.15) is 24.8 Å². The number of ether oxygens (including phenoxy) is 3. The second-order valence-corrected chi connectivity index (χ2v) is 5.36. The zero-order valence-electron chi connectivity index (χ0n) is 11.6. The summed E-state index contributed by atoms with van der Waals surface area (Å²) in [6.07, 6.45) is 3.38. The largest absolute Gasteiger partial charge is 0.496 e. The molecule has 0 amide bonds. The average molecular weight is 263 g/mol. The van der Waals surface area contributed by atoms with Gasteiger partial charge in [0, 0.05) is 29.7 Å². The summed E-state index contributed by atoms with van der Waals surface area (Å²) in [5, 5.41) is 3.49. The Morgan fingerprint density at radius 3 is 2.79 bits per heavy atom. The van der Waals surface area contributed by atoms with Crippen LogP contribution in [0.3, 0.4) is 0 Å². The average Bonchev–Trinajstić information content (AvgIpc) is 2.83. The minimum absolute atomic E-state index is 0.156. The van der Waals surface area contributed by atoms with Crippen molar-refractivity contribution in [3.8, 4) is 17.2 Å². The number of rotatable bonds is 2. The SMILES string of the molecule is COc1cc(OC)c2c(c1)OCCCC21CCNC1. The molecule has 0 radical (unpaired) electrons. The summed E-state index contributed by atoms with van der Waals surface area (Å²) in [4.78, 5) is 0. The summed E-state index contributed by atoms with van der Waals surface area (Å²) in [5.74, 6) is 2.61. The highest BCUT2D eigenvalue weighted by atomic mass is 16.5. The maximum Gasteiger partial charge on any atom is 0.130 e. The van der Waals surface area contributed by atoms with Crippen LogP contribution in [0.4, 0.5) is 0 Å². The normalized spacial score (nSPS) is 25.6. The molecule has 104 valence electrons. The molecule has 0 saturated carbocycles. The molecule has 0 bridgehead atoms. The van der Waals surface area contributed by atoms with E-state index >= 15 is 0 Å². The molecule has 1 aromatic rings. The number of benzene rings is 1. The summed E-state index contributed by atoms with van der Waals surface area (Å²) in [7, 11) is 3.39. The molecule has 1 aromatic carbocycles. The fraction of sp³-hybridized carbons (Fsp3) is 0.600. The standard InChI is InChI=1S/C15H21NO3/c1-17-11-8-12(18-2)14-13(9-11)19-7-3-4-15(14)5-6-16-10-15/h8-9,16H,3-7,10H2,1-2H3. The molecule has 0 aromatic heterocycles. The van der Waals surface area contributed by atoms with Crippen molar-refractivity contribution in [2.45, 2.75) is 24.7 Å². The summed E-state index contributed by atoms with van der Waals surface area (Å²) in [5.41, 5.74) is 1.38. The van der Waals surface area contributed by atoms with Crippen LogP contribution in [0.5, 0.6) is 17.2 Å².